The van der Waals surface area contributed by atoms with E-state index in [1.807, 2.05) is 0 Å². The highest BCUT2D eigenvalue weighted by molar-refractivity contribution is 7.80. The van der Waals surface area contributed by atoms with Crippen molar-refractivity contribution in [1.82, 2.24) is 5.32 Å². The van der Waals surface area contributed by atoms with Gasteiger partial charge < -0.3 is 10.1 Å². The molecule has 11 heteroatoms. The van der Waals surface area contributed by atoms with Crippen LogP contribution in [0.5, 0.6) is 5.75 Å². The molecule has 0 fully saturated rings. The van der Waals surface area contributed by atoms with Crippen LogP contribution in [-0.4, -0.2) is 34.9 Å². The topological polar surface area (TPSA) is 131 Å². The number of rotatable bonds is 5. The third-order valence-electron chi connectivity index (χ3n) is 5.04. The number of amides is 3. The van der Waals surface area contributed by atoms with Crippen LogP contribution < -0.4 is 20.3 Å². The minimum atomic E-state index is -0.651. The van der Waals surface area contributed by atoms with Gasteiger partial charge in [0.25, 0.3) is 17.7 Å². The van der Waals surface area contributed by atoms with E-state index < -0.39 is 22.6 Å². The number of nitrogens with one attached hydrogen (secondary N) is 2. The summed E-state index contributed by atoms with van der Waals surface area (Å²) in [6, 6.07) is 16.7. The number of hydrogen-bond acceptors (Lipinski definition) is 7. The molecule has 0 saturated carbocycles. The van der Waals surface area contributed by atoms with Crippen LogP contribution in [0.25, 0.3) is 0 Å². The lowest BCUT2D eigenvalue weighted by atomic mass is 10.1. The van der Waals surface area contributed by atoms with Crippen LogP contribution >= 0.6 is 12.2 Å². The Hall–Kier alpha value is -4.64. The summed E-state index contributed by atoms with van der Waals surface area (Å²) in [6.07, 6.45) is 0. The lowest BCUT2D eigenvalue weighted by Crippen LogP contribution is -2.34. The summed E-state index contributed by atoms with van der Waals surface area (Å²) in [5.74, 6) is -1.43. The molecular formula is C23H16N4O6S. The number of carbonyl (C=O) groups is 3. The molecule has 34 heavy (non-hydrogen) atoms. The smallest absolute Gasteiger partial charge is 0.311 e. The van der Waals surface area contributed by atoms with Crippen molar-refractivity contribution in [3.63, 3.8) is 0 Å². The van der Waals surface area contributed by atoms with Gasteiger partial charge in [-0.25, -0.2) is 4.90 Å². The first-order valence-corrected chi connectivity index (χ1v) is 10.2. The second-order valence-corrected chi connectivity index (χ2v) is 7.50. The molecule has 0 unspecified atom stereocenters. The van der Waals surface area contributed by atoms with Crippen LogP contribution in [0.1, 0.15) is 31.1 Å². The predicted octanol–water partition coefficient (Wildman–Crippen LogP) is 3.53. The number of benzene rings is 3. The van der Waals surface area contributed by atoms with Gasteiger partial charge >= 0.3 is 5.69 Å². The molecule has 4 rings (SSSR count). The quantitative estimate of drug-likeness (QED) is 0.248. The van der Waals surface area contributed by atoms with E-state index in [0.29, 0.717) is 22.5 Å². The fourth-order valence-corrected chi connectivity index (χ4v) is 3.64. The van der Waals surface area contributed by atoms with E-state index in [9.17, 15) is 24.5 Å². The standard InChI is InChI=1S/C23H16N4O6S/c1-33-19-11-6-13(12-18(19)27(31)32)20(28)25-23(34)24-14-7-9-15(10-8-14)26-21(29)16-4-2-3-5-17(16)22(26)30/h2-12H,1H3,(H2,24,25,28,34). The number of methoxy groups -OCH3 is 1. The third kappa shape index (κ3) is 4.19. The number of fused-ring (bicyclic) bond motifs is 1. The highest BCUT2D eigenvalue weighted by Crippen LogP contribution is 2.29. The normalized spacial score (nSPS) is 12.2. The minimum absolute atomic E-state index is 0.0256. The summed E-state index contributed by atoms with van der Waals surface area (Å²) in [7, 11) is 1.29. The van der Waals surface area contributed by atoms with Crippen LogP contribution in [0.15, 0.2) is 66.7 Å². The molecule has 1 aliphatic rings. The molecule has 0 bridgehead atoms. The van der Waals surface area contributed by atoms with Crippen molar-refractivity contribution in [2.45, 2.75) is 0 Å². The van der Waals surface area contributed by atoms with E-state index in [1.54, 1.807) is 48.5 Å². The molecule has 0 spiro atoms. The molecule has 0 saturated heterocycles. The van der Waals surface area contributed by atoms with Gasteiger partial charge in [0.05, 0.1) is 28.8 Å². The summed E-state index contributed by atoms with van der Waals surface area (Å²) in [5.41, 5.74) is 1.24. The largest absolute Gasteiger partial charge is 0.490 e. The summed E-state index contributed by atoms with van der Waals surface area (Å²) in [5, 5.41) is 16.4. The number of anilines is 2. The number of nitro benzene ring substituents is 1. The lowest BCUT2D eigenvalue weighted by Gasteiger charge is -2.15. The molecule has 170 valence electrons. The van der Waals surface area contributed by atoms with Gasteiger partial charge in [-0.2, -0.15) is 0 Å². The fraction of sp³-hybridized carbons (Fsp3) is 0.0435. The zero-order valence-corrected chi connectivity index (χ0v) is 18.4. The molecule has 2 N–H and O–H groups in total. The highest BCUT2D eigenvalue weighted by Gasteiger charge is 2.36. The number of carbonyl (C=O) groups excluding carboxylic acids is 3. The average Bonchev–Trinajstić information content (AvgIpc) is 3.09. The van der Waals surface area contributed by atoms with Crippen molar-refractivity contribution in [3.05, 3.63) is 93.5 Å². The molecule has 0 atom stereocenters. The van der Waals surface area contributed by atoms with Crippen molar-refractivity contribution in [1.29, 1.82) is 0 Å². The van der Waals surface area contributed by atoms with Crippen molar-refractivity contribution < 1.29 is 24.0 Å². The van der Waals surface area contributed by atoms with Gasteiger partial charge in [-0.1, -0.05) is 12.1 Å². The molecule has 0 radical (unpaired) electrons. The number of imide groups is 1. The van der Waals surface area contributed by atoms with Crippen molar-refractivity contribution in [2.75, 3.05) is 17.3 Å². The van der Waals surface area contributed by atoms with Crippen LogP contribution in [0, 0.1) is 10.1 Å². The number of nitrogens with zero attached hydrogens (tertiary/aromatic N) is 2. The van der Waals surface area contributed by atoms with Crippen LogP contribution in [0.4, 0.5) is 17.1 Å². The molecule has 0 aliphatic carbocycles. The predicted molar refractivity (Wildman–Crippen MR) is 127 cm³/mol. The van der Waals surface area contributed by atoms with E-state index in [0.717, 1.165) is 11.0 Å². The molecule has 0 aromatic heterocycles. The Bertz CT molecular complexity index is 1320. The van der Waals surface area contributed by atoms with E-state index in [1.165, 1.54) is 19.2 Å². The highest BCUT2D eigenvalue weighted by atomic mass is 32.1. The second-order valence-electron chi connectivity index (χ2n) is 7.09. The van der Waals surface area contributed by atoms with Crippen molar-refractivity contribution in [2.24, 2.45) is 0 Å². The number of nitro groups is 1. The zero-order valence-electron chi connectivity index (χ0n) is 17.6. The van der Waals surface area contributed by atoms with Crippen molar-refractivity contribution in [3.8, 4) is 5.75 Å². The summed E-state index contributed by atoms with van der Waals surface area (Å²) in [4.78, 5) is 49.2. The summed E-state index contributed by atoms with van der Waals surface area (Å²) in [6.45, 7) is 0. The molecule has 3 amide bonds. The van der Waals surface area contributed by atoms with Gasteiger partial charge in [0.1, 0.15) is 0 Å². The number of hydrogen-bond donors (Lipinski definition) is 2. The van der Waals surface area contributed by atoms with E-state index in [2.05, 4.69) is 10.6 Å². The van der Waals surface area contributed by atoms with Crippen LogP contribution in [0.3, 0.4) is 0 Å². The van der Waals surface area contributed by atoms with Crippen LogP contribution in [-0.2, 0) is 0 Å². The first kappa shape index (κ1) is 22.6. The Morgan fingerprint density at radius 2 is 1.62 bits per heavy atom. The maximum Gasteiger partial charge on any atom is 0.311 e. The Morgan fingerprint density at radius 1 is 1.00 bits per heavy atom. The first-order chi connectivity index (χ1) is 16.3. The third-order valence-corrected chi connectivity index (χ3v) is 5.25. The Morgan fingerprint density at radius 3 is 2.18 bits per heavy atom. The Labute approximate surface area is 198 Å². The monoisotopic (exact) mass is 476 g/mol. The number of thiocarbonyl (C=S) groups is 1. The molecule has 1 aliphatic heterocycles. The van der Waals surface area contributed by atoms with Gasteiger partial charge in [-0.15, -0.1) is 0 Å². The van der Waals surface area contributed by atoms with Crippen molar-refractivity contribution >= 4 is 52.1 Å². The summed E-state index contributed by atoms with van der Waals surface area (Å²) < 4.78 is 4.92. The number of ether oxygens (including phenoxy) is 1. The molecule has 1 heterocycles. The maximum atomic E-state index is 12.6. The average molecular weight is 476 g/mol. The summed E-state index contributed by atoms with van der Waals surface area (Å²) >= 11 is 5.15. The van der Waals surface area contributed by atoms with E-state index in [4.69, 9.17) is 17.0 Å². The van der Waals surface area contributed by atoms with Gasteiger partial charge in [-0.05, 0) is 60.7 Å². The Balaban J connectivity index is 1.42. The zero-order chi connectivity index (χ0) is 24.4. The van der Waals surface area contributed by atoms with Crippen LogP contribution in [0.2, 0.25) is 0 Å². The molecular weight excluding hydrogens is 460 g/mol. The van der Waals surface area contributed by atoms with Gasteiger partial charge in [0, 0.05) is 17.3 Å². The first-order valence-electron chi connectivity index (χ1n) is 9.83. The minimum Gasteiger partial charge on any atom is -0.490 e. The van der Waals surface area contributed by atoms with Gasteiger partial charge in [0.15, 0.2) is 10.9 Å². The fourth-order valence-electron chi connectivity index (χ4n) is 3.43. The van der Waals surface area contributed by atoms with Gasteiger partial charge in [-0.3, -0.25) is 29.8 Å². The SMILES string of the molecule is COc1ccc(C(=O)NC(=S)Nc2ccc(N3C(=O)c4ccccc4C3=O)cc2)cc1[N+](=O)[O-]. The van der Waals surface area contributed by atoms with E-state index >= 15 is 0 Å². The van der Waals surface area contributed by atoms with Gasteiger partial charge in [0.2, 0.25) is 0 Å². The Kier molecular flexibility index (Phi) is 6.02. The maximum absolute atomic E-state index is 12.6. The lowest BCUT2D eigenvalue weighted by molar-refractivity contribution is -0.385. The second kappa shape index (κ2) is 9.08. The molecule has 3 aromatic rings. The molecule has 10 nitrogen and oxygen atoms in total. The molecule has 3 aromatic carbocycles. The van der Waals surface area contributed by atoms with E-state index in [-0.39, 0.29) is 22.1 Å².